The number of carbonyl (C=O) groups excluding carboxylic acids is 1. The Bertz CT molecular complexity index is 685. The fourth-order valence-corrected chi connectivity index (χ4v) is 2.07. The SMILES string of the molecule is C=C(C)CN(CC)CC(=O)c1c(N)n(C)c(=O)n(C)c1=O. The van der Waals surface area contributed by atoms with Crippen molar-refractivity contribution in [3.05, 3.63) is 38.6 Å². The molecule has 0 fully saturated rings. The second-order valence-electron chi connectivity index (χ2n) is 5.15. The van der Waals surface area contributed by atoms with Gasteiger partial charge in [0, 0.05) is 20.6 Å². The molecule has 1 heterocycles. The third kappa shape index (κ3) is 3.49. The molecule has 1 aromatic heterocycles. The van der Waals surface area contributed by atoms with Gasteiger partial charge in [-0.25, -0.2) is 4.79 Å². The van der Waals surface area contributed by atoms with Gasteiger partial charge in [-0.2, -0.15) is 0 Å². The van der Waals surface area contributed by atoms with Crippen LogP contribution in [0.3, 0.4) is 0 Å². The Morgan fingerprint density at radius 1 is 1.24 bits per heavy atom. The quantitative estimate of drug-likeness (QED) is 0.577. The molecular weight excluding hydrogens is 272 g/mol. The van der Waals surface area contributed by atoms with E-state index in [1.165, 1.54) is 14.1 Å². The zero-order valence-electron chi connectivity index (χ0n) is 13.0. The maximum absolute atomic E-state index is 12.4. The van der Waals surface area contributed by atoms with Crippen LogP contribution in [0.2, 0.25) is 0 Å². The summed E-state index contributed by atoms with van der Waals surface area (Å²) in [5.74, 6) is -0.494. The second-order valence-corrected chi connectivity index (χ2v) is 5.15. The number of hydrogen-bond donors (Lipinski definition) is 1. The topological polar surface area (TPSA) is 90.3 Å². The molecule has 116 valence electrons. The number of nitrogen functional groups attached to an aromatic ring is 1. The lowest BCUT2D eigenvalue weighted by molar-refractivity contribution is 0.0938. The summed E-state index contributed by atoms with van der Waals surface area (Å²) in [6.07, 6.45) is 0. The van der Waals surface area contributed by atoms with Crippen molar-refractivity contribution >= 4 is 11.6 Å². The monoisotopic (exact) mass is 294 g/mol. The molecule has 0 aliphatic rings. The molecule has 0 spiro atoms. The van der Waals surface area contributed by atoms with Gasteiger partial charge in [-0.05, 0) is 13.5 Å². The average molecular weight is 294 g/mol. The number of rotatable bonds is 6. The lowest BCUT2D eigenvalue weighted by Crippen LogP contribution is -2.43. The first-order chi connectivity index (χ1) is 9.70. The highest BCUT2D eigenvalue weighted by Gasteiger charge is 2.21. The van der Waals surface area contributed by atoms with E-state index in [2.05, 4.69) is 6.58 Å². The lowest BCUT2D eigenvalue weighted by Gasteiger charge is -2.20. The van der Waals surface area contributed by atoms with Gasteiger partial charge in [-0.3, -0.25) is 23.6 Å². The Morgan fingerprint density at radius 3 is 2.29 bits per heavy atom. The molecular formula is C14H22N4O3. The van der Waals surface area contributed by atoms with Crippen molar-refractivity contribution in [1.29, 1.82) is 0 Å². The highest BCUT2D eigenvalue weighted by molar-refractivity contribution is 6.01. The fourth-order valence-electron chi connectivity index (χ4n) is 2.07. The Hall–Kier alpha value is -2.15. The van der Waals surface area contributed by atoms with Crippen LogP contribution in [-0.2, 0) is 14.1 Å². The molecule has 1 rings (SSSR count). The molecule has 0 unspecified atom stereocenters. The number of nitrogens with zero attached hydrogens (tertiary/aromatic N) is 3. The number of carbonyl (C=O) groups is 1. The molecule has 0 aromatic carbocycles. The lowest BCUT2D eigenvalue weighted by atomic mass is 10.1. The minimum absolute atomic E-state index is 0.0566. The standard InChI is InChI=1S/C14H22N4O3/c1-6-18(7-9(2)3)8-10(19)11-12(15)16(4)14(21)17(5)13(11)20/h2,6-8,15H2,1,3-5H3. The van der Waals surface area contributed by atoms with Crippen molar-refractivity contribution in [3.8, 4) is 0 Å². The Labute approximate surface area is 123 Å². The van der Waals surface area contributed by atoms with Crippen molar-refractivity contribution in [2.45, 2.75) is 13.8 Å². The third-order valence-corrected chi connectivity index (χ3v) is 3.30. The van der Waals surface area contributed by atoms with E-state index in [1.807, 2.05) is 18.7 Å². The largest absolute Gasteiger partial charge is 0.384 e. The Balaban J connectivity index is 3.23. The van der Waals surface area contributed by atoms with Gasteiger partial charge in [-0.1, -0.05) is 19.1 Å². The summed E-state index contributed by atoms with van der Waals surface area (Å²) in [5, 5.41) is 0. The summed E-state index contributed by atoms with van der Waals surface area (Å²) < 4.78 is 1.99. The molecule has 7 heteroatoms. The summed E-state index contributed by atoms with van der Waals surface area (Å²) >= 11 is 0. The van der Waals surface area contributed by atoms with Crippen molar-refractivity contribution in [2.75, 3.05) is 25.4 Å². The van der Waals surface area contributed by atoms with Crippen LogP contribution in [0.1, 0.15) is 24.2 Å². The van der Waals surface area contributed by atoms with E-state index >= 15 is 0 Å². The minimum Gasteiger partial charge on any atom is -0.384 e. The number of anilines is 1. The van der Waals surface area contributed by atoms with Crippen LogP contribution in [0.4, 0.5) is 5.82 Å². The molecule has 0 aliphatic heterocycles. The van der Waals surface area contributed by atoms with Gasteiger partial charge in [0.25, 0.3) is 5.56 Å². The minimum atomic E-state index is -0.660. The second kappa shape index (κ2) is 6.53. The van der Waals surface area contributed by atoms with E-state index < -0.39 is 17.0 Å². The van der Waals surface area contributed by atoms with Gasteiger partial charge in [-0.15, -0.1) is 0 Å². The number of Topliss-reactive ketones (excluding diaryl/α,β-unsaturated/α-hetero) is 1. The first-order valence-corrected chi connectivity index (χ1v) is 6.66. The van der Waals surface area contributed by atoms with E-state index in [9.17, 15) is 14.4 Å². The first-order valence-electron chi connectivity index (χ1n) is 6.66. The van der Waals surface area contributed by atoms with Gasteiger partial charge in [0.1, 0.15) is 11.4 Å². The van der Waals surface area contributed by atoms with E-state index in [4.69, 9.17) is 5.73 Å². The number of ketones is 1. The molecule has 7 nitrogen and oxygen atoms in total. The van der Waals surface area contributed by atoms with Crippen LogP contribution >= 0.6 is 0 Å². The first kappa shape index (κ1) is 16.9. The summed E-state index contributed by atoms with van der Waals surface area (Å²) in [6.45, 7) is 8.86. The third-order valence-electron chi connectivity index (χ3n) is 3.30. The van der Waals surface area contributed by atoms with E-state index in [1.54, 1.807) is 0 Å². The summed E-state index contributed by atoms with van der Waals surface area (Å²) in [5.41, 5.74) is 5.34. The summed E-state index contributed by atoms with van der Waals surface area (Å²) in [4.78, 5) is 38.1. The van der Waals surface area contributed by atoms with E-state index in [0.717, 1.165) is 14.7 Å². The highest BCUT2D eigenvalue weighted by atomic mass is 16.2. The van der Waals surface area contributed by atoms with Crippen molar-refractivity contribution in [1.82, 2.24) is 14.0 Å². The Morgan fingerprint density at radius 2 is 1.81 bits per heavy atom. The predicted octanol–water partition coefficient (Wildman–Crippen LogP) is -0.253. The molecule has 0 radical (unpaired) electrons. The molecule has 21 heavy (non-hydrogen) atoms. The van der Waals surface area contributed by atoms with E-state index in [-0.39, 0.29) is 17.9 Å². The maximum Gasteiger partial charge on any atom is 0.332 e. The van der Waals surface area contributed by atoms with Crippen LogP contribution in [0.5, 0.6) is 0 Å². The van der Waals surface area contributed by atoms with Crippen LogP contribution in [0, 0.1) is 0 Å². The number of nitrogens with two attached hydrogens (primary N) is 1. The van der Waals surface area contributed by atoms with Gasteiger partial charge >= 0.3 is 5.69 Å². The van der Waals surface area contributed by atoms with Crippen molar-refractivity contribution in [2.24, 2.45) is 14.1 Å². The molecule has 1 aromatic rings. The summed E-state index contributed by atoms with van der Waals surface area (Å²) in [7, 11) is 2.76. The molecule has 0 bridgehead atoms. The van der Waals surface area contributed by atoms with Gasteiger partial charge in [0.2, 0.25) is 0 Å². The smallest absolute Gasteiger partial charge is 0.332 e. The van der Waals surface area contributed by atoms with Crippen molar-refractivity contribution < 1.29 is 4.79 Å². The van der Waals surface area contributed by atoms with Crippen LogP contribution in [-0.4, -0.2) is 39.5 Å². The molecule has 0 saturated carbocycles. The zero-order chi connectivity index (χ0) is 16.3. The number of hydrogen-bond acceptors (Lipinski definition) is 5. The van der Waals surface area contributed by atoms with Crippen LogP contribution in [0.25, 0.3) is 0 Å². The molecule has 0 saturated heterocycles. The molecule has 2 N–H and O–H groups in total. The van der Waals surface area contributed by atoms with Gasteiger partial charge < -0.3 is 5.73 Å². The average Bonchev–Trinajstić information content (AvgIpc) is 2.42. The maximum atomic E-state index is 12.4. The number of likely N-dealkylation sites (N-methyl/N-ethyl adjacent to an activating group) is 1. The zero-order valence-corrected chi connectivity index (χ0v) is 13.0. The van der Waals surface area contributed by atoms with Crippen LogP contribution in [0.15, 0.2) is 21.7 Å². The fraction of sp³-hybridized carbons (Fsp3) is 0.500. The molecule has 0 atom stereocenters. The highest BCUT2D eigenvalue weighted by Crippen LogP contribution is 2.06. The Kier molecular flexibility index (Phi) is 5.26. The van der Waals surface area contributed by atoms with E-state index in [0.29, 0.717) is 13.1 Å². The van der Waals surface area contributed by atoms with Gasteiger partial charge in [0.05, 0.1) is 6.54 Å². The predicted molar refractivity (Wildman–Crippen MR) is 82.6 cm³/mol. The normalized spacial score (nSPS) is 10.9. The van der Waals surface area contributed by atoms with Crippen LogP contribution < -0.4 is 17.0 Å². The van der Waals surface area contributed by atoms with Crippen molar-refractivity contribution in [3.63, 3.8) is 0 Å². The molecule has 0 amide bonds. The summed E-state index contributed by atoms with van der Waals surface area (Å²) in [6, 6.07) is 0. The number of aromatic nitrogens is 2. The molecule has 0 aliphatic carbocycles. The van der Waals surface area contributed by atoms with Gasteiger partial charge in [0.15, 0.2) is 5.78 Å².